The van der Waals surface area contributed by atoms with Crippen molar-refractivity contribution in [3.63, 3.8) is 0 Å². The number of hydrogen-bond donors (Lipinski definition) is 3. The first kappa shape index (κ1) is 25.8. The maximum atomic E-state index is 12.5. The molecular formula is C22H26F3IN4O2. The predicted octanol–water partition coefficient (Wildman–Crippen LogP) is 4.43. The highest BCUT2D eigenvalue weighted by atomic mass is 127. The molecule has 1 atom stereocenters. The number of fused-ring (bicyclic) bond motifs is 1. The van der Waals surface area contributed by atoms with E-state index in [0.717, 1.165) is 11.3 Å². The van der Waals surface area contributed by atoms with E-state index in [4.69, 9.17) is 4.74 Å². The van der Waals surface area contributed by atoms with Crippen molar-refractivity contribution in [3.05, 3.63) is 59.7 Å². The number of carbonyl (C=O) groups excluding carboxylic acids is 1. The number of aliphatic imine (C=N–C) groups is 1. The van der Waals surface area contributed by atoms with Gasteiger partial charge in [0.2, 0.25) is 5.91 Å². The number of rotatable bonds is 7. The first-order valence-electron chi connectivity index (χ1n) is 10.0. The smallest absolute Gasteiger partial charge is 0.422 e. The van der Waals surface area contributed by atoms with Crippen LogP contribution in [0.5, 0.6) is 5.75 Å². The summed E-state index contributed by atoms with van der Waals surface area (Å²) >= 11 is 0. The van der Waals surface area contributed by atoms with E-state index in [1.807, 2.05) is 31.2 Å². The molecule has 174 valence electrons. The Kier molecular flexibility index (Phi) is 9.60. The topological polar surface area (TPSA) is 74.8 Å². The maximum absolute atomic E-state index is 12.5. The molecule has 1 aliphatic heterocycles. The van der Waals surface area contributed by atoms with Crippen molar-refractivity contribution in [1.29, 1.82) is 0 Å². The zero-order valence-corrected chi connectivity index (χ0v) is 19.9. The zero-order valence-electron chi connectivity index (χ0n) is 17.5. The molecule has 1 unspecified atom stereocenters. The lowest BCUT2D eigenvalue weighted by Crippen LogP contribution is -2.40. The summed E-state index contributed by atoms with van der Waals surface area (Å²) < 4.78 is 42.4. The number of para-hydroxylation sites is 2. The summed E-state index contributed by atoms with van der Waals surface area (Å²) in [6.07, 6.45) is -4.05. The Morgan fingerprint density at radius 3 is 2.62 bits per heavy atom. The van der Waals surface area contributed by atoms with Gasteiger partial charge in [-0.2, -0.15) is 13.2 Å². The van der Waals surface area contributed by atoms with Gasteiger partial charge < -0.3 is 20.7 Å². The Hall–Kier alpha value is -2.50. The highest BCUT2D eigenvalue weighted by molar-refractivity contribution is 14.0. The van der Waals surface area contributed by atoms with Crippen molar-refractivity contribution in [1.82, 2.24) is 10.6 Å². The van der Waals surface area contributed by atoms with E-state index in [1.165, 1.54) is 6.07 Å². The highest BCUT2D eigenvalue weighted by Crippen LogP contribution is 2.31. The van der Waals surface area contributed by atoms with Gasteiger partial charge in [-0.1, -0.05) is 36.4 Å². The normalized spacial score (nSPS) is 15.8. The van der Waals surface area contributed by atoms with Gasteiger partial charge in [0, 0.05) is 36.7 Å². The van der Waals surface area contributed by atoms with Crippen molar-refractivity contribution < 1.29 is 22.7 Å². The molecule has 0 aliphatic carbocycles. The van der Waals surface area contributed by atoms with Crippen LogP contribution in [-0.4, -0.2) is 37.7 Å². The number of amides is 1. The van der Waals surface area contributed by atoms with Crippen molar-refractivity contribution in [2.24, 2.45) is 4.99 Å². The van der Waals surface area contributed by atoms with Crippen molar-refractivity contribution in [2.75, 3.05) is 25.0 Å². The molecule has 6 nitrogen and oxygen atoms in total. The molecule has 1 heterocycles. The Labute approximate surface area is 202 Å². The molecule has 1 aliphatic rings. The van der Waals surface area contributed by atoms with Crippen LogP contribution < -0.4 is 20.7 Å². The monoisotopic (exact) mass is 562 g/mol. The number of halogens is 4. The molecule has 0 fully saturated rings. The number of ether oxygens (including phenoxy) is 1. The van der Waals surface area contributed by atoms with Crippen LogP contribution in [0, 0.1) is 0 Å². The third-order valence-electron chi connectivity index (χ3n) is 4.74. The minimum Gasteiger partial charge on any atom is -0.484 e. The fourth-order valence-corrected chi connectivity index (χ4v) is 3.34. The molecule has 2 aromatic carbocycles. The number of benzene rings is 2. The van der Waals surface area contributed by atoms with Crippen LogP contribution in [0.4, 0.5) is 18.9 Å². The van der Waals surface area contributed by atoms with E-state index in [0.29, 0.717) is 31.0 Å². The molecule has 3 N–H and O–H groups in total. The number of alkyl halides is 3. The number of anilines is 1. The lowest BCUT2D eigenvalue weighted by Gasteiger charge is -2.26. The predicted molar refractivity (Wildman–Crippen MR) is 129 cm³/mol. The molecule has 0 spiro atoms. The van der Waals surface area contributed by atoms with Crippen LogP contribution in [0.2, 0.25) is 0 Å². The van der Waals surface area contributed by atoms with Gasteiger partial charge in [-0.15, -0.1) is 24.0 Å². The van der Waals surface area contributed by atoms with Crippen LogP contribution in [0.25, 0.3) is 0 Å². The Morgan fingerprint density at radius 2 is 1.88 bits per heavy atom. The third-order valence-corrected chi connectivity index (χ3v) is 4.74. The van der Waals surface area contributed by atoms with Crippen molar-refractivity contribution >= 4 is 41.5 Å². The summed E-state index contributed by atoms with van der Waals surface area (Å²) in [4.78, 5) is 16.5. The van der Waals surface area contributed by atoms with Crippen LogP contribution in [-0.2, 0) is 11.3 Å². The van der Waals surface area contributed by atoms with Crippen LogP contribution in [0.15, 0.2) is 53.5 Å². The van der Waals surface area contributed by atoms with Crippen molar-refractivity contribution in [2.45, 2.75) is 32.0 Å². The Morgan fingerprint density at radius 1 is 1.16 bits per heavy atom. The maximum Gasteiger partial charge on any atom is 0.422 e. The van der Waals surface area contributed by atoms with Gasteiger partial charge in [0.05, 0.1) is 6.54 Å². The highest BCUT2D eigenvalue weighted by Gasteiger charge is 2.29. The molecule has 10 heteroatoms. The van der Waals surface area contributed by atoms with Crippen LogP contribution >= 0.6 is 24.0 Å². The molecular weight excluding hydrogens is 536 g/mol. The average molecular weight is 562 g/mol. The first-order valence-corrected chi connectivity index (χ1v) is 10.0. The molecule has 0 bridgehead atoms. The summed E-state index contributed by atoms with van der Waals surface area (Å²) in [6, 6.07) is 14.2. The standard InChI is InChI=1S/C22H25F3N4O2.HI/c1-2-26-21(27-12-15-7-3-6-10-19(15)31-14-22(23,24)25)28-13-16-11-20(30)29-18-9-5-4-8-17(16)18;/h3-10,16H,2,11-14H2,1H3,(H,29,30)(H2,26,27,28);1H. The fourth-order valence-electron chi connectivity index (χ4n) is 3.34. The van der Waals surface area contributed by atoms with E-state index in [9.17, 15) is 18.0 Å². The molecule has 32 heavy (non-hydrogen) atoms. The van der Waals surface area contributed by atoms with Gasteiger partial charge in [0.1, 0.15) is 5.75 Å². The van der Waals surface area contributed by atoms with E-state index < -0.39 is 12.8 Å². The quantitative estimate of drug-likeness (QED) is 0.266. The summed E-state index contributed by atoms with van der Waals surface area (Å²) in [5.41, 5.74) is 2.41. The van der Waals surface area contributed by atoms with E-state index >= 15 is 0 Å². The van der Waals surface area contributed by atoms with E-state index in [1.54, 1.807) is 18.2 Å². The SMILES string of the molecule is CCNC(=NCc1ccccc1OCC(F)(F)F)NCC1CC(=O)Nc2ccccc21.I. The third kappa shape index (κ3) is 7.57. The average Bonchev–Trinajstić information content (AvgIpc) is 2.74. The van der Waals surface area contributed by atoms with Gasteiger partial charge in [-0.3, -0.25) is 4.79 Å². The van der Waals surface area contributed by atoms with Gasteiger partial charge in [0.25, 0.3) is 0 Å². The van der Waals surface area contributed by atoms with Crippen molar-refractivity contribution in [3.8, 4) is 5.75 Å². The fraction of sp³-hybridized carbons (Fsp3) is 0.364. The first-order chi connectivity index (χ1) is 14.9. The minimum absolute atomic E-state index is 0. The Bertz CT molecular complexity index is 937. The number of nitrogens with one attached hydrogen (secondary N) is 3. The van der Waals surface area contributed by atoms with E-state index in [-0.39, 0.29) is 48.1 Å². The second-order valence-electron chi connectivity index (χ2n) is 7.12. The second-order valence-corrected chi connectivity index (χ2v) is 7.12. The largest absolute Gasteiger partial charge is 0.484 e. The summed E-state index contributed by atoms with van der Waals surface area (Å²) in [5.74, 6) is 0.605. The number of hydrogen-bond acceptors (Lipinski definition) is 3. The second kappa shape index (κ2) is 11.9. The van der Waals surface area contributed by atoms with Gasteiger partial charge in [-0.05, 0) is 24.6 Å². The minimum atomic E-state index is -4.41. The summed E-state index contributed by atoms with van der Waals surface area (Å²) in [5, 5.41) is 9.23. The number of guanidine groups is 1. The molecule has 2 aromatic rings. The Balaban J connectivity index is 0.00000363. The molecule has 3 rings (SSSR count). The molecule has 0 saturated heterocycles. The van der Waals surface area contributed by atoms with Gasteiger partial charge in [0.15, 0.2) is 12.6 Å². The molecule has 0 saturated carbocycles. The molecule has 1 amide bonds. The lowest BCUT2D eigenvalue weighted by atomic mass is 9.90. The molecule has 0 aromatic heterocycles. The van der Waals surface area contributed by atoms with Crippen LogP contribution in [0.1, 0.15) is 30.4 Å². The zero-order chi connectivity index (χ0) is 22.3. The number of carbonyl (C=O) groups is 1. The van der Waals surface area contributed by atoms with E-state index in [2.05, 4.69) is 20.9 Å². The van der Waals surface area contributed by atoms with Gasteiger partial charge in [-0.25, -0.2) is 4.99 Å². The molecule has 0 radical (unpaired) electrons. The van der Waals surface area contributed by atoms with Crippen LogP contribution in [0.3, 0.4) is 0 Å². The summed E-state index contributed by atoms with van der Waals surface area (Å²) in [6.45, 7) is 1.81. The lowest BCUT2D eigenvalue weighted by molar-refractivity contribution is -0.153. The summed E-state index contributed by atoms with van der Waals surface area (Å²) in [7, 11) is 0. The van der Waals surface area contributed by atoms with Gasteiger partial charge >= 0.3 is 6.18 Å². The number of nitrogens with zero attached hydrogens (tertiary/aromatic N) is 1.